The van der Waals surface area contributed by atoms with Gasteiger partial charge in [0.05, 0.1) is 0 Å². The zero-order valence-electron chi connectivity index (χ0n) is 16.2. The van der Waals surface area contributed by atoms with Crippen molar-refractivity contribution in [3.05, 3.63) is 46.8 Å². The van der Waals surface area contributed by atoms with Crippen LogP contribution in [0.2, 0.25) is 0 Å². The van der Waals surface area contributed by atoms with Crippen LogP contribution < -0.4 is 15.4 Å². The predicted octanol–water partition coefficient (Wildman–Crippen LogP) is 3.02. The number of halogens is 2. The molecule has 0 bridgehead atoms. The van der Waals surface area contributed by atoms with Gasteiger partial charge in [-0.1, -0.05) is 12.1 Å². The second-order valence-corrected chi connectivity index (χ2v) is 6.91. The topological polar surface area (TPSA) is 93.2 Å². The van der Waals surface area contributed by atoms with Crippen LogP contribution in [-0.4, -0.2) is 34.8 Å². The van der Waals surface area contributed by atoms with Gasteiger partial charge in [0.2, 0.25) is 11.9 Å². The Balaban J connectivity index is 1.65. The first-order chi connectivity index (χ1) is 13.8. The first-order valence-corrected chi connectivity index (χ1v) is 9.27. The number of alkyl halides is 2. The van der Waals surface area contributed by atoms with E-state index in [0.29, 0.717) is 17.0 Å². The number of nitrogens with zero attached hydrogens (tertiary/aromatic N) is 2. The van der Waals surface area contributed by atoms with E-state index in [9.17, 15) is 18.4 Å². The molecule has 1 saturated carbocycles. The fraction of sp³-hybridized carbons (Fsp3) is 0.400. The molecule has 0 radical (unpaired) electrons. The van der Waals surface area contributed by atoms with Crippen molar-refractivity contribution in [3.63, 3.8) is 0 Å². The molecule has 2 amide bonds. The molecule has 3 rings (SSSR count). The summed E-state index contributed by atoms with van der Waals surface area (Å²) < 4.78 is 29.8. The average molecular weight is 404 g/mol. The minimum atomic E-state index is -2.56. The smallest absolute Gasteiger partial charge is 0.272 e. The largest absolute Gasteiger partial charge is 0.487 e. The van der Waals surface area contributed by atoms with E-state index in [4.69, 9.17) is 4.74 Å². The van der Waals surface area contributed by atoms with E-state index in [2.05, 4.69) is 20.6 Å². The van der Waals surface area contributed by atoms with Crippen LogP contribution in [0.5, 0.6) is 5.75 Å². The Bertz CT molecular complexity index is 917. The number of aromatic nitrogens is 2. The van der Waals surface area contributed by atoms with E-state index < -0.39 is 18.9 Å². The molecule has 7 nitrogen and oxygen atoms in total. The van der Waals surface area contributed by atoms with Crippen LogP contribution in [0.25, 0.3) is 0 Å². The highest BCUT2D eigenvalue weighted by Crippen LogP contribution is 2.29. The number of amides is 2. The number of ether oxygens (including phenoxy) is 1. The van der Waals surface area contributed by atoms with Gasteiger partial charge in [-0.25, -0.2) is 18.7 Å². The summed E-state index contributed by atoms with van der Waals surface area (Å²) in [6, 6.07) is 6.58. The third-order valence-corrected chi connectivity index (χ3v) is 4.47. The quantitative estimate of drug-likeness (QED) is 0.706. The Morgan fingerprint density at radius 1 is 1.24 bits per heavy atom. The number of hydrogen-bond donors (Lipinski definition) is 2. The normalized spacial score (nSPS) is 13.3. The third kappa shape index (κ3) is 5.69. The number of rotatable bonds is 8. The van der Waals surface area contributed by atoms with Crippen LogP contribution in [0.4, 0.5) is 14.7 Å². The van der Waals surface area contributed by atoms with Gasteiger partial charge in [0.25, 0.3) is 12.3 Å². The minimum absolute atomic E-state index is 0.000991. The molecule has 1 heterocycles. The standard InChI is InChI=1S/C20H22F2N4O3/c1-11-8-15(25-20(24-11)26-18(27)13-6-7-13)19(28)23-9-14-4-3-5-16(12(14)2)29-10-17(21)22/h3-5,8,13,17H,6-7,9-10H2,1-2H3,(H,23,28)(H,24,25,26,27). The number of hydrogen-bond acceptors (Lipinski definition) is 5. The van der Waals surface area contributed by atoms with Crippen LogP contribution in [0.15, 0.2) is 24.3 Å². The molecule has 0 spiro atoms. The summed E-state index contributed by atoms with van der Waals surface area (Å²) in [6.07, 6.45) is -0.858. The van der Waals surface area contributed by atoms with Crippen molar-refractivity contribution in [3.8, 4) is 5.75 Å². The molecule has 1 aliphatic rings. The van der Waals surface area contributed by atoms with Crippen LogP contribution >= 0.6 is 0 Å². The molecule has 1 fully saturated rings. The van der Waals surface area contributed by atoms with Gasteiger partial charge in [0, 0.05) is 18.2 Å². The summed E-state index contributed by atoms with van der Waals surface area (Å²) in [7, 11) is 0. The molecule has 154 valence electrons. The first kappa shape index (κ1) is 20.6. The van der Waals surface area contributed by atoms with E-state index in [1.807, 2.05) is 0 Å². The number of aryl methyl sites for hydroxylation is 1. The summed E-state index contributed by atoms with van der Waals surface area (Å²) in [5.74, 6) is -0.126. The SMILES string of the molecule is Cc1cc(C(=O)NCc2cccc(OCC(F)F)c2C)nc(NC(=O)C2CC2)n1. The van der Waals surface area contributed by atoms with Gasteiger partial charge < -0.3 is 10.1 Å². The highest BCUT2D eigenvalue weighted by atomic mass is 19.3. The molecule has 1 aromatic carbocycles. The number of benzene rings is 1. The van der Waals surface area contributed by atoms with Gasteiger partial charge in [-0.05, 0) is 49.9 Å². The van der Waals surface area contributed by atoms with Gasteiger partial charge in [0.1, 0.15) is 18.1 Å². The van der Waals surface area contributed by atoms with Crippen LogP contribution in [0.3, 0.4) is 0 Å². The second kappa shape index (κ2) is 8.93. The second-order valence-electron chi connectivity index (χ2n) is 6.91. The Morgan fingerprint density at radius 3 is 2.69 bits per heavy atom. The maximum atomic E-state index is 12.5. The zero-order valence-corrected chi connectivity index (χ0v) is 16.2. The summed E-state index contributed by atoms with van der Waals surface area (Å²) in [5, 5.41) is 5.38. The monoisotopic (exact) mass is 404 g/mol. The minimum Gasteiger partial charge on any atom is -0.487 e. The number of nitrogens with one attached hydrogen (secondary N) is 2. The summed E-state index contributed by atoms with van der Waals surface area (Å²) in [6.45, 7) is 2.93. The molecule has 1 aliphatic carbocycles. The molecule has 1 aromatic heterocycles. The average Bonchev–Trinajstić information content (AvgIpc) is 3.50. The highest BCUT2D eigenvalue weighted by Gasteiger charge is 2.30. The van der Waals surface area contributed by atoms with Crippen molar-refractivity contribution in [2.45, 2.75) is 39.7 Å². The number of carbonyl (C=O) groups is 2. The fourth-order valence-corrected chi connectivity index (χ4v) is 2.73. The first-order valence-electron chi connectivity index (χ1n) is 9.27. The highest BCUT2D eigenvalue weighted by molar-refractivity contribution is 5.95. The number of carbonyl (C=O) groups excluding carboxylic acids is 2. The van der Waals surface area contributed by atoms with Gasteiger partial charge in [0.15, 0.2) is 0 Å². The lowest BCUT2D eigenvalue weighted by Gasteiger charge is -2.13. The Kier molecular flexibility index (Phi) is 6.36. The van der Waals surface area contributed by atoms with Crippen molar-refractivity contribution in [1.82, 2.24) is 15.3 Å². The number of anilines is 1. The molecule has 0 saturated heterocycles. The molecule has 9 heteroatoms. The van der Waals surface area contributed by atoms with Crippen molar-refractivity contribution in [2.75, 3.05) is 11.9 Å². The predicted molar refractivity (Wildman–Crippen MR) is 102 cm³/mol. The van der Waals surface area contributed by atoms with Crippen molar-refractivity contribution >= 4 is 17.8 Å². The van der Waals surface area contributed by atoms with Crippen molar-refractivity contribution in [1.29, 1.82) is 0 Å². The van der Waals surface area contributed by atoms with Gasteiger partial charge >= 0.3 is 0 Å². The molecule has 2 aromatic rings. The van der Waals surface area contributed by atoms with Gasteiger partial charge in [-0.3, -0.25) is 14.9 Å². The summed E-state index contributed by atoms with van der Waals surface area (Å²) >= 11 is 0. The Hall–Kier alpha value is -3.10. The van der Waals surface area contributed by atoms with Crippen molar-refractivity contribution < 1.29 is 23.1 Å². The van der Waals surface area contributed by atoms with E-state index >= 15 is 0 Å². The van der Waals surface area contributed by atoms with E-state index in [-0.39, 0.29) is 30.0 Å². The van der Waals surface area contributed by atoms with Gasteiger partial charge in [-0.15, -0.1) is 0 Å². The molecule has 0 aliphatic heterocycles. The van der Waals surface area contributed by atoms with E-state index in [0.717, 1.165) is 18.4 Å². The molecular weight excluding hydrogens is 382 g/mol. The molecular formula is C20H22F2N4O3. The lowest BCUT2D eigenvalue weighted by atomic mass is 10.1. The molecule has 2 N–H and O–H groups in total. The Morgan fingerprint density at radius 2 is 2.00 bits per heavy atom. The maximum absolute atomic E-state index is 12.5. The Labute approximate surface area is 166 Å². The third-order valence-electron chi connectivity index (χ3n) is 4.47. The zero-order chi connectivity index (χ0) is 21.0. The summed E-state index contributed by atoms with van der Waals surface area (Å²) in [5.41, 5.74) is 2.09. The van der Waals surface area contributed by atoms with E-state index in [1.165, 1.54) is 6.07 Å². The van der Waals surface area contributed by atoms with Crippen LogP contribution in [0.1, 0.15) is 40.2 Å². The molecule has 0 unspecified atom stereocenters. The van der Waals surface area contributed by atoms with Crippen molar-refractivity contribution in [2.24, 2.45) is 5.92 Å². The summed E-state index contributed by atoms with van der Waals surface area (Å²) in [4.78, 5) is 32.7. The van der Waals surface area contributed by atoms with Crippen LogP contribution in [-0.2, 0) is 11.3 Å². The molecule has 0 atom stereocenters. The van der Waals surface area contributed by atoms with Gasteiger partial charge in [-0.2, -0.15) is 0 Å². The molecule has 29 heavy (non-hydrogen) atoms. The van der Waals surface area contributed by atoms with Crippen LogP contribution in [0, 0.1) is 19.8 Å². The maximum Gasteiger partial charge on any atom is 0.272 e. The fourth-order valence-electron chi connectivity index (χ4n) is 2.73. The van der Waals surface area contributed by atoms with E-state index in [1.54, 1.807) is 32.0 Å². The lowest BCUT2D eigenvalue weighted by Crippen LogP contribution is -2.25. The lowest BCUT2D eigenvalue weighted by molar-refractivity contribution is -0.117.